The smallest absolute Gasteiger partial charge is 0.257 e. The predicted octanol–water partition coefficient (Wildman–Crippen LogP) is 2.35. The van der Waals surface area contributed by atoms with E-state index in [0.29, 0.717) is 17.3 Å². The summed E-state index contributed by atoms with van der Waals surface area (Å²) < 4.78 is 5.40. The Kier molecular flexibility index (Phi) is 8.85. The lowest BCUT2D eigenvalue weighted by Crippen LogP contribution is -2.29. The van der Waals surface area contributed by atoms with Gasteiger partial charge in [-0.05, 0) is 49.1 Å². The number of nitrogens with one attached hydrogen (secondary N) is 1. The number of carbonyl (C=O) groups is 1. The van der Waals surface area contributed by atoms with Crippen LogP contribution >= 0.6 is 24.0 Å². The molecule has 1 rings (SSSR count). The molecule has 0 saturated heterocycles. The average molecular weight is 326 g/mol. The van der Waals surface area contributed by atoms with Gasteiger partial charge in [-0.1, -0.05) is 18.6 Å². The lowest BCUT2D eigenvalue weighted by molar-refractivity contribution is -0.123. The molecule has 0 unspecified atom stereocenters. The molecule has 3 N–H and O–H groups in total. The maximum absolute atomic E-state index is 11.6. The molecule has 0 aliphatic rings. The second-order valence-electron chi connectivity index (χ2n) is 4.58. The van der Waals surface area contributed by atoms with E-state index in [4.69, 9.17) is 22.7 Å². The van der Waals surface area contributed by atoms with E-state index in [0.717, 1.165) is 18.4 Å². The fraction of sp³-hybridized carbons (Fsp3) is 0.467. The van der Waals surface area contributed by atoms with Crippen molar-refractivity contribution in [1.82, 2.24) is 5.32 Å². The molecule has 0 aliphatic heterocycles. The van der Waals surface area contributed by atoms with Crippen LogP contribution in [0.3, 0.4) is 0 Å². The van der Waals surface area contributed by atoms with E-state index < -0.39 is 0 Å². The molecule has 0 heterocycles. The number of benzene rings is 1. The van der Waals surface area contributed by atoms with E-state index in [1.54, 1.807) is 24.3 Å². The van der Waals surface area contributed by atoms with Gasteiger partial charge < -0.3 is 15.8 Å². The Morgan fingerprint density at radius 1 is 1.29 bits per heavy atom. The van der Waals surface area contributed by atoms with Crippen LogP contribution in [0.15, 0.2) is 24.3 Å². The van der Waals surface area contributed by atoms with Crippen molar-refractivity contribution < 1.29 is 9.53 Å². The van der Waals surface area contributed by atoms with Gasteiger partial charge >= 0.3 is 0 Å². The Balaban J connectivity index is 2.16. The quantitative estimate of drug-likeness (QED) is 0.510. The van der Waals surface area contributed by atoms with Crippen LogP contribution in [-0.2, 0) is 4.79 Å². The molecule has 0 saturated carbocycles. The van der Waals surface area contributed by atoms with Crippen LogP contribution in [0.4, 0.5) is 0 Å². The fourth-order valence-electron chi connectivity index (χ4n) is 1.69. The Morgan fingerprint density at radius 3 is 2.62 bits per heavy atom. The third kappa shape index (κ3) is 7.92. The average Bonchev–Trinajstić information content (AvgIpc) is 2.49. The highest BCUT2D eigenvalue weighted by Crippen LogP contribution is 2.11. The van der Waals surface area contributed by atoms with Crippen molar-refractivity contribution >= 4 is 34.9 Å². The first kappa shape index (κ1) is 17.8. The molecular weight excluding hydrogens is 304 g/mol. The molecular formula is C15H22N2O2S2. The van der Waals surface area contributed by atoms with Gasteiger partial charge in [-0.2, -0.15) is 11.8 Å². The first-order chi connectivity index (χ1) is 10.1. The van der Waals surface area contributed by atoms with Crippen molar-refractivity contribution in [3.05, 3.63) is 29.8 Å². The van der Waals surface area contributed by atoms with Gasteiger partial charge in [-0.3, -0.25) is 4.79 Å². The molecule has 0 aromatic heterocycles. The highest BCUT2D eigenvalue weighted by Gasteiger charge is 2.03. The number of amides is 1. The van der Waals surface area contributed by atoms with E-state index in [-0.39, 0.29) is 12.5 Å². The molecule has 0 radical (unpaired) electrons. The van der Waals surface area contributed by atoms with Gasteiger partial charge in [0.1, 0.15) is 10.7 Å². The summed E-state index contributed by atoms with van der Waals surface area (Å²) in [7, 11) is 0. The van der Waals surface area contributed by atoms with Gasteiger partial charge in [0.15, 0.2) is 6.61 Å². The third-order valence-electron chi connectivity index (χ3n) is 2.86. The summed E-state index contributed by atoms with van der Waals surface area (Å²) in [5.74, 6) is 1.71. The molecule has 0 spiro atoms. The van der Waals surface area contributed by atoms with Gasteiger partial charge in [-0.25, -0.2) is 0 Å². The SMILES string of the molecule is CSCCCCCNC(=O)COc1ccc(C(N)=S)cc1. The first-order valence-corrected chi connectivity index (χ1v) is 8.72. The van der Waals surface area contributed by atoms with Gasteiger partial charge in [0.05, 0.1) is 0 Å². The Hall–Kier alpha value is -1.27. The maximum atomic E-state index is 11.6. The molecule has 1 aromatic rings. The van der Waals surface area contributed by atoms with Crippen molar-refractivity contribution in [2.75, 3.05) is 25.2 Å². The van der Waals surface area contributed by atoms with Crippen molar-refractivity contribution in [2.45, 2.75) is 19.3 Å². The lowest BCUT2D eigenvalue weighted by atomic mass is 10.2. The minimum atomic E-state index is -0.0988. The zero-order valence-electron chi connectivity index (χ0n) is 12.3. The topological polar surface area (TPSA) is 64.3 Å². The number of hydrogen-bond acceptors (Lipinski definition) is 4. The summed E-state index contributed by atoms with van der Waals surface area (Å²) in [6, 6.07) is 7.07. The van der Waals surface area contributed by atoms with Crippen LogP contribution in [0.1, 0.15) is 24.8 Å². The van der Waals surface area contributed by atoms with Gasteiger partial charge in [0.2, 0.25) is 0 Å². The monoisotopic (exact) mass is 326 g/mol. The standard InChI is InChI=1S/C15H22N2O2S2/c1-21-10-4-2-3-9-17-14(18)11-19-13-7-5-12(6-8-13)15(16)20/h5-8H,2-4,9-11H2,1H3,(H2,16,20)(H,17,18). The molecule has 0 aliphatic carbocycles. The summed E-state index contributed by atoms with van der Waals surface area (Å²) in [5, 5.41) is 2.85. The summed E-state index contributed by atoms with van der Waals surface area (Å²) in [4.78, 5) is 11.9. The van der Waals surface area contributed by atoms with Crippen molar-refractivity contribution in [3.63, 3.8) is 0 Å². The molecule has 0 bridgehead atoms. The number of ether oxygens (including phenoxy) is 1. The largest absolute Gasteiger partial charge is 0.484 e. The summed E-state index contributed by atoms with van der Waals surface area (Å²) in [6.45, 7) is 0.730. The molecule has 21 heavy (non-hydrogen) atoms. The lowest BCUT2D eigenvalue weighted by Gasteiger charge is -2.08. The zero-order valence-corrected chi connectivity index (χ0v) is 13.9. The second kappa shape index (κ2) is 10.5. The first-order valence-electron chi connectivity index (χ1n) is 6.92. The minimum Gasteiger partial charge on any atom is -0.484 e. The summed E-state index contributed by atoms with van der Waals surface area (Å²) in [6.07, 6.45) is 5.45. The van der Waals surface area contributed by atoms with Crippen LogP contribution in [0.5, 0.6) is 5.75 Å². The highest BCUT2D eigenvalue weighted by atomic mass is 32.2. The predicted molar refractivity (Wildman–Crippen MR) is 93.1 cm³/mol. The molecule has 1 amide bonds. The van der Waals surface area contributed by atoms with E-state index in [1.165, 1.54) is 12.2 Å². The molecule has 0 fully saturated rings. The fourth-order valence-corrected chi connectivity index (χ4v) is 2.32. The Labute approximate surface area is 135 Å². The van der Waals surface area contributed by atoms with Crippen molar-refractivity contribution in [1.29, 1.82) is 0 Å². The summed E-state index contributed by atoms with van der Waals surface area (Å²) in [5.41, 5.74) is 6.29. The minimum absolute atomic E-state index is 0.0250. The Morgan fingerprint density at radius 2 is 2.00 bits per heavy atom. The van der Waals surface area contributed by atoms with Crippen LogP contribution in [0, 0.1) is 0 Å². The van der Waals surface area contributed by atoms with Crippen LogP contribution in [-0.4, -0.2) is 36.1 Å². The molecule has 116 valence electrons. The van der Waals surface area contributed by atoms with Crippen LogP contribution < -0.4 is 15.8 Å². The molecule has 4 nitrogen and oxygen atoms in total. The number of carbonyl (C=O) groups excluding carboxylic acids is 1. The molecule has 1 aromatic carbocycles. The van der Waals surface area contributed by atoms with E-state index in [1.807, 2.05) is 11.8 Å². The van der Waals surface area contributed by atoms with Crippen LogP contribution in [0.25, 0.3) is 0 Å². The van der Waals surface area contributed by atoms with Gasteiger partial charge in [0, 0.05) is 12.1 Å². The number of rotatable bonds is 10. The maximum Gasteiger partial charge on any atom is 0.257 e. The molecule has 0 atom stereocenters. The van der Waals surface area contributed by atoms with Gasteiger partial charge in [-0.15, -0.1) is 0 Å². The van der Waals surface area contributed by atoms with Crippen molar-refractivity contribution in [3.8, 4) is 5.75 Å². The van der Waals surface area contributed by atoms with E-state index >= 15 is 0 Å². The second-order valence-corrected chi connectivity index (χ2v) is 6.01. The number of nitrogens with two attached hydrogens (primary N) is 1. The number of thiocarbonyl (C=S) groups is 1. The number of hydrogen-bond donors (Lipinski definition) is 2. The normalized spacial score (nSPS) is 10.1. The third-order valence-corrected chi connectivity index (χ3v) is 3.79. The summed E-state index contributed by atoms with van der Waals surface area (Å²) >= 11 is 6.72. The van der Waals surface area contributed by atoms with Crippen LogP contribution in [0.2, 0.25) is 0 Å². The highest BCUT2D eigenvalue weighted by molar-refractivity contribution is 7.98. The number of unbranched alkanes of at least 4 members (excludes halogenated alkanes) is 2. The Bertz CT molecular complexity index is 449. The van der Waals surface area contributed by atoms with E-state index in [9.17, 15) is 4.79 Å². The van der Waals surface area contributed by atoms with Crippen molar-refractivity contribution in [2.24, 2.45) is 5.73 Å². The van der Waals surface area contributed by atoms with Gasteiger partial charge in [0.25, 0.3) is 5.91 Å². The van der Waals surface area contributed by atoms with E-state index in [2.05, 4.69) is 11.6 Å². The zero-order chi connectivity index (χ0) is 15.5. The number of thioether (sulfide) groups is 1. The molecule has 6 heteroatoms.